The van der Waals surface area contributed by atoms with Crippen molar-refractivity contribution >= 4 is 17.5 Å². The minimum Gasteiger partial charge on any atom is -0.493 e. The quantitative estimate of drug-likeness (QED) is 0.540. The second-order valence-electron chi connectivity index (χ2n) is 7.44. The molecule has 168 valence electrons. The molecule has 1 aliphatic heterocycles. The highest BCUT2D eigenvalue weighted by Gasteiger charge is 2.31. The maximum Gasteiger partial charge on any atom is 0.257 e. The summed E-state index contributed by atoms with van der Waals surface area (Å²) >= 11 is 5.95. The van der Waals surface area contributed by atoms with Crippen LogP contribution in [0, 0.1) is 0 Å². The van der Waals surface area contributed by atoms with Crippen LogP contribution in [0.1, 0.15) is 35.0 Å². The van der Waals surface area contributed by atoms with Crippen molar-refractivity contribution in [2.24, 2.45) is 0 Å². The van der Waals surface area contributed by atoms with Crippen LogP contribution in [0.4, 0.5) is 0 Å². The molecule has 0 bridgehead atoms. The van der Waals surface area contributed by atoms with Crippen LogP contribution in [-0.2, 0) is 0 Å². The number of carbonyl (C=O) groups excluding carboxylic acids is 1. The van der Waals surface area contributed by atoms with Gasteiger partial charge in [0.25, 0.3) is 5.91 Å². The van der Waals surface area contributed by atoms with E-state index in [4.69, 9.17) is 30.3 Å². The van der Waals surface area contributed by atoms with Crippen LogP contribution in [-0.4, -0.2) is 55.4 Å². The molecule has 3 aromatic rings. The van der Waals surface area contributed by atoms with Gasteiger partial charge in [0.05, 0.1) is 32.8 Å². The van der Waals surface area contributed by atoms with E-state index in [1.54, 1.807) is 29.2 Å². The summed E-state index contributed by atoms with van der Waals surface area (Å²) in [5.74, 6) is 2.06. The zero-order valence-electron chi connectivity index (χ0n) is 18.1. The molecule has 0 unspecified atom stereocenters. The number of carbonyl (C=O) groups is 1. The van der Waals surface area contributed by atoms with Crippen LogP contribution < -0.4 is 14.2 Å². The number of ether oxygens (including phenoxy) is 3. The van der Waals surface area contributed by atoms with Gasteiger partial charge >= 0.3 is 0 Å². The Morgan fingerprint density at radius 2 is 1.81 bits per heavy atom. The third-order valence-corrected chi connectivity index (χ3v) is 5.79. The Balaban J connectivity index is 1.55. The largest absolute Gasteiger partial charge is 0.493 e. The van der Waals surface area contributed by atoms with Crippen molar-refractivity contribution in [3.63, 3.8) is 0 Å². The van der Waals surface area contributed by atoms with E-state index in [-0.39, 0.29) is 11.8 Å². The predicted octanol–water partition coefficient (Wildman–Crippen LogP) is 4.44. The Labute approximate surface area is 191 Å². The van der Waals surface area contributed by atoms with Crippen LogP contribution >= 0.6 is 11.6 Å². The van der Waals surface area contributed by atoms with Crippen molar-refractivity contribution in [2.45, 2.75) is 18.8 Å². The average Bonchev–Trinajstić information content (AvgIpc) is 3.33. The fraction of sp³-hybridized carbons (Fsp3) is 0.348. The summed E-state index contributed by atoms with van der Waals surface area (Å²) < 4.78 is 21.8. The van der Waals surface area contributed by atoms with Gasteiger partial charge in [0.1, 0.15) is 0 Å². The third-order valence-electron chi connectivity index (χ3n) is 5.54. The van der Waals surface area contributed by atoms with Crippen LogP contribution in [0.2, 0.25) is 5.02 Å². The highest BCUT2D eigenvalue weighted by atomic mass is 35.5. The van der Waals surface area contributed by atoms with Gasteiger partial charge in [-0.15, -0.1) is 0 Å². The van der Waals surface area contributed by atoms with Crippen molar-refractivity contribution in [1.82, 2.24) is 15.0 Å². The molecule has 2 heterocycles. The molecule has 32 heavy (non-hydrogen) atoms. The zero-order valence-corrected chi connectivity index (χ0v) is 18.9. The Hall–Kier alpha value is -3.26. The number of hydrogen-bond acceptors (Lipinski definition) is 7. The van der Waals surface area contributed by atoms with Gasteiger partial charge in [-0.05, 0) is 49.2 Å². The molecule has 8 nitrogen and oxygen atoms in total. The first kappa shape index (κ1) is 22.0. The van der Waals surface area contributed by atoms with Crippen molar-refractivity contribution in [3.05, 3.63) is 52.9 Å². The van der Waals surface area contributed by atoms with E-state index in [0.717, 1.165) is 18.4 Å². The van der Waals surface area contributed by atoms with Crippen LogP contribution in [0.5, 0.6) is 17.2 Å². The highest BCUT2D eigenvalue weighted by molar-refractivity contribution is 6.30. The van der Waals surface area contributed by atoms with Gasteiger partial charge in [-0.1, -0.05) is 16.8 Å². The highest BCUT2D eigenvalue weighted by Crippen LogP contribution is 2.40. The molecule has 1 fully saturated rings. The van der Waals surface area contributed by atoms with Crippen molar-refractivity contribution in [3.8, 4) is 28.6 Å². The minimum atomic E-state index is -0.148. The first-order valence-corrected chi connectivity index (χ1v) is 10.6. The fourth-order valence-corrected chi connectivity index (χ4v) is 4.05. The van der Waals surface area contributed by atoms with E-state index >= 15 is 0 Å². The third kappa shape index (κ3) is 4.23. The van der Waals surface area contributed by atoms with Gasteiger partial charge in [0.2, 0.25) is 17.5 Å². The summed E-state index contributed by atoms with van der Waals surface area (Å²) in [7, 11) is 4.56. The number of rotatable bonds is 6. The predicted molar refractivity (Wildman–Crippen MR) is 119 cm³/mol. The Kier molecular flexibility index (Phi) is 6.50. The van der Waals surface area contributed by atoms with Gasteiger partial charge in [-0.25, -0.2) is 0 Å². The SMILES string of the molecule is COc1ccc(C(=O)N2CCC[C@H](c3nc(-c4ccc(Cl)cc4)no3)C2)c(OC)c1OC. The lowest BCUT2D eigenvalue weighted by molar-refractivity contribution is 0.0691. The van der Waals surface area contributed by atoms with Crippen LogP contribution in [0.25, 0.3) is 11.4 Å². The van der Waals surface area contributed by atoms with E-state index in [9.17, 15) is 4.79 Å². The number of halogens is 1. The molecule has 1 saturated heterocycles. The fourth-order valence-electron chi connectivity index (χ4n) is 3.92. The van der Waals surface area contributed by atoms with Crippen LogP contribution in [0.15, 0.2) is 40.9 Å². The Morgan fingerprint density at radius 1 is 1.06 bits per heavy atom. The van der Waals surface area contributed by atoms with Gasteiger partial charge in [-0.2, -0.15) is 4.98 Å². The second-order valence-corrected chi connectivity index (χ2v) is 7.87. The summed E-state index contributed by atoms with van der Waals surface area (Å²) in [4.78, 5) is 19.7. The molecular weight excluding hydrogens is 434 g/mol. The van der Waals surface area contributed by atoms with Gasteiger partial charge in [0, 0.05) is 23.7 Å². The van der Waals surface area contributed by atoms with E-state index in [2.05, 4.69) is 10.1 Å². The molecule has 9 heteroatoms. The minimum absolute atomic E-state index is 0.0487. The number of likely N-dealkylation sites (tertiary alicyclic amines) is 1. The zero-order chi connectivity index (χ0) is 22.7. The number of benzene rings is 2. The first-order chi connectivity index (χ1) is 15.5. The smallest absolute Gasteiger partial charge is 0.257 e. The van der Waals surface area contributed by atoms with E-state index < -0.39 is 0 Å². The van der Waals surface area contributed by atoms with Crippen molar-refractivity contribution in [1.29, 1.82) is 0 Å². The average molecular weight is 458 g/mol. The normalized spacial score (nSPS) is 16.0. The summed E-state index contributed by atoms with van der Waals surface area (Å²) in [6.45, 7) is 1.10. The van der Waals surface area contributed by atoms with E-state index in [1.807, 2.05) is 12.1 Å². The molecule has 1 atom stereocenters. The van der Waals surface area contributed by atoms with Gasteiger partial charge < -0.3 is 23.6 Å². The number of hydrogen-bond donors (Lipinski definition) is 0. The van der Waals surface area contributed by atoms with Crippen molar-refractivity contribution < 1.29 is 23.5 Å². The molecular formula is C23H24ClN3O5. The number of aromatic nitrogens is 2. The van der Waals surface area contributed by atoms with Gasteiger partial charge in [0.15, 0.2) is 11.5 Å². The monoisotopic (exact) mass is 457 g/mol. The Bertz CT molecular complexity index is 1100. The molecule has 0 N–H and O–H groups in total. The topological polar surface area (TPSA) is 86.9 Å². The lowest BCUT2D eigenvalue weighted by Gasteiger charge is -2.31. The molecule has 0 aliphatic carbocycles. The Morgan fingerprint density at radius 3 is 2.50 bits per heavy atom. The number of piperidine rings is 1. The number of methoxy groups -OCH3 is 3. The number of nitrogens with zero attached hydrogens (tertiary/aromatic N) is 3. The molecule has 4 rings (SSSR count). The molecule has 1 aromatic heterocycles. The molecule has 1 aliphatic rings. The molecule has 1 amide bonds. The molecule has 2 aromatic carbocycles. The lowest BCUT2D eigenvalue weighted by atomic mass is 9.97. The standard InChI is InChI=1S/C23H24ClN3O5/c1-29-18-11-10-17(19(30-2)20(18)31-3)23(28)27-12-4-5-15(13-27)22-25-21(26-32-22)14-6-8-16(24)9-7-14/h6-11,15H,4-5,12-13H2,1-3H3/t15-/m0/s1. The molecule has 0 radical (unpaired) electrons. The maximum atomic E-state index is 13.4. The number of amides is 1. The van der Waals surface area contributed by atoms with Crippen LogP contribution in [0.3, 0.4) is 0 Å². The second kappa shape index (κ2) is 9.48. The van der Waals surface area contributed by atoms with Gasteiger partial charge in [-0.3, -0.25) is 4.79 Å². The molecule has 0 spiro atoms. The van der Waals surface area contributed by atoms with E-state index in [1.165, 1.54) is 21.3 Å². The first-order valence-electron chi connectivity index (χ1n) is 10.2. The summed E-state index contributed by atoms with van der Waals surface area (Å²) in [5.41, 5.74) is 1.24. The molecule has 0 saturated carbocycles. The van der Waals surface area contributed by atoms with E-state index in [0.29, 0.717) is 52.6 Å². The lowest BCUT2D eigenvalue weighted by Crippen LogP contribution is -2.39. The summed E-state index contributed by atoms with van der Waals surface area (Å²) in [6, 6.07) is 10.6. The summed E-state index contributed by atoms with van der Waals surface area (Å²) in [5, 5.41) is 4.75. The summed E-state index contributed by atoms with van der Waals surface area (Å²) in [6.07, 6.45) is 1.68. The maximum absolute atomic E-state index is 13.4. The van der Waals surface area contributed by atoms with Crippen molar-refractivity contribution in [2.75, 3.05) is 34.4 Å².